The summed E-state index contributed by atoms with van der Waals surface area (Å²) in [6, 6.07) is 13.6. The topological polar surface area (TPSA) is 90.7 Å². The molecule has 30 heavy (non-hydrogen) atoms. The van der Waals surface area contributed by atoms with Crippen LogP contribution in [0, 0.1) is 0 Å². The minimum Gasteiger partial charge on any atom is -0.368 e. The monoisotopic (exact) mass is 437 g/mol. The molecule has 1 fully saturated rings. The van der Waals surface area contributed by atoms with Gasteiger partial charge in [0.15, 0.2) is 5.82 Å². The lowest BCUT2D eigenvalue weighted by Gasteiger charge is -2.39. The van der Waals surface area contributed by atoms with E-state index in [1.54, 1.807) is 24.5 Å². The van der Waals surface area contributed by atoms with Gasteiger partial charge in [0.05, 0.1) is 15.5 Å². The molecule has 1 aliphatic rings. The quantitative estimate of drug-likeness (QED) is 0.449. The Kier molecular flexibility index (Phi) is 4.68. The second-order valence-corrected chi connectivity index (χ2v) is 8.21. The number of nitrogens with two attached hydrogens (primary N) is 1. The van der Waals surface area contributed by atoms with Gasteiger partial charge in [-0.1, -0.05) is 59.0 Å². The average molecular weight is 438 g/mol. The molecular formula is C22H17Cl2N5O. The number of anilines is 1. The maximum absolute atomic E-state index is 6.13. The van der Waals surface area contributed by atoms with Crippen molar-refractivity contribution in [1.82, 2.24) is 20.1 Å². The Morgan fingerprint density at radius 2 is 1.57 bits per heavy atom. The number of rotatable bonds is 4. The Morgan fingerprint density at radius 1 is 0.867 bits per heavy atom. The van der Waals surface area contributed by atoms with Crippen LogP contribution >= 0.6 is 23.2 Å². The lowest BCUT2D eigenvalue weighted by molar-refractivity contribution is 0.273. The molecule has 0 aliphatic heterocycles. The van der Waals surface area contributed by atoms with Crippen molar-refractivity contribution in [2.24, 2.45) is 0 Å². The average Bonchev–Trinajstić information content (AvgIpc) is 3.21. The maximum Gasteiger partial charge on any atom is 0.258 e. The zero-order valence-corrected chi connectivity index (χ0v) is 17.4. The SMILES string of the molecule is Nc1ncc(-c2ccc(C3(c4noc(-c5ccc(Cl)c(Cl)c5)n4)CCC3)cc2)cn1. The van der Waals surface area contributed by atoms with Crippen molar-refractivity contribution in [1.29, 1.82) is 0 Å². The molecule has 1 aliphatic carbocycles. The highest BCUT2D eigenvalue weighted by Gasteiger charge is 2.44. The summed E-state index contributed by atoms with van der Waals surface area (Å²) >= 11 is 12.1. The molecule has 0 radical (unpaired) electrons. The summed E-state index contributed by atoms with van der Waals surface area (Å²) in [5.41, 5.74) is 9.19. The Hall–Kier alpha value is -2.96. The summed E-state index contributed by atoms with van der Waals surface area (Å²) in [7, 11) is 0. The Bertz CT molecular complexity index is 1200. The number of hydrogen-bond donors (Lipinski definition) is 1. The van der Waals surface area contributed by atoms with Gasteiger partial charge in [-0.3, -0.25) is 0 Å². The largest absolute Gasteiger partial charge is 0.368 e. The van der Waals surface area contributed by atoms with Crippen LogP contribution in [-0.2, 0) is 5.41 Å². The molecule has 6 nitrogen and oxygen atoms in total. The number of aromatic nitrogens is 4. The van der Waals surface area contributed by atoms with Crippen LogP contribution in [0.15, 0.2) is 59.4 Å². The van der Waals surface area contributed by atoms with Crippen LogP contribution in [-0.4, -0.2) is 20.1 Å². The van der Waals surface area contributed by atoms with Crippen LogP contribution in [0.3, 0.4) is 0 Å². The standard InChI is InChI=1S/C22H17Cl2N5O/c23-17-7-4-14(10-18(17)24)19-28-20(29-30-19)22(8-1-9-22)16-5-2-13(3-6-16)15-11-26-21(25)27-12-15/h2-7,10-12H,1,8-9H2,(H2,25,26,27). The van der Waals surface area contributed by atoms with Crippen LogP contribution in [0.5, 0.6) is 0 Å². The molecule has 150 valence electrons. The maximum atomic E-state index is 6.13. The first-order valence-electron chi connectivity index (χ1n) is 9.53. The zero-order valence-electron chi connectivity index (χ0n) is 15.8. The molecule has 2 aromatic carbocycles. The highest BCUT2D eigenvalue weighted by Crippen LogP contribution is 2.48. The Balaban J connectivity index is 1.46. The summed E-state index contributed by atoms with van der Waals surface area (Å²) in [5.74, 6) is 1.39. The molecular weight excluding hydrogens is 421 g/mol. The third-order valence-electron chi connectivity index (χ3n) is 5.67. The van der Waals surface area contributed by atoms with E-state index in [0.717, 1.165) is 41.5 Å². The summed E-state index contributed by atoms with van der Waals surface area (Å²) in [4.78, 5) is 12.8. The van der Waals surface area contributed by atoms with Gasteiger partial charge in [0.25, 0.3) is 5.89 Å². The predicted octanol–water partition coefficient (Wildman–Crippen LogP) is 5.55. The second-order valence-electron chi connectivity index (χ2n) is 7.39. The van der Waals surface area contributed by atoms with E-state index in [1.165, 1.54) is 0 Å². The smallest absolute Gasteiger partial charge is 0.258 e. The van der Waals surface area contributed by atoms with Crippen LogP contribution < -0.4 is 5.73 Å². The molecule has 2 heterocycles. The molecule has 0 amide bonds. The molecule has 0 atom stereocenters. The van der Waals surface area contributed by atoms with Crippen LogP contribution in [0.25, 0.3) is 22.6 Å². The van der Waals surface area contributed by atoms with Gasteiger partial charge in [-0.25, -0.2) is 9.97 Å². The Morgan fingerprint density at radius 3 is 2.20 bits per heavy atom. The molecule has 5 rings (SSSR count). The van der Waals surface area contributed by atoms with Crippen molar-refractivity contribution in [3.05, 3.63) is 76.3 Å². The van der Waals surface area contributed by atoms with E-state index in [9.17, 15) is 0 Å². The minimum absolute atomic E-state index is 0.242. The van der Waals surface area contributed by atoms with Crippen molar-refractivity contribution in [2.75, 3.05) is 5.73 Å². The van der Waals surface area contributed by atoms with E-state index in [2.05, 4.69) is 39.4 Å². The Labute approximate surface area is 183 Å². The summed E-state index contributed by atoms with van der Waals surface area (Å²) in [6.45, 7) is 0. The number of nitrogen functional groups attached to an aromatic ring is 1. The molecule has 1 saturated carbocycles. The van der Waals surface area contributed by atoms with E-state index in [1.807, 2.05) is 6.07 Å². The van der Waals surface area contributed by atoms with Crippen molar-refractivity contribution >= 4 is 29.2 Å². The van der Waals surface area contributed by atoms with Crippen molar-refractivity contribution in [3.63, 3.8) is 0 Å². The molecule has 0 saturated heterocycles. The van der Waals surface area contributed by atoms with E-state index < -0.39 is 0 Å². The third-order valence-corrected chi connectivity index (χ3v) is 6.41. The first kappa shape index (κ1) is 19.0. The normalized spacial score (nSPS) is 15.0. The fourth-order valence-corrected chi connectivity index (χ4v) is 4.10. The van der Waals surface area contributed by atoms with Gasteiger partial charge in [-0.05, 0) is 42.2 Å². The van der Waals surface area contributed by atoms with Crippen molar-refractivity contribution in [3.8, 4) is 22.6 Å². The van der Waals surface area contributed by atoms with Gasteiger partial charge in [-0.2, -0.15) is 4.98 Å². The summed E-state index contributed by atoms with van der Waals surface area (Å²) in [6.07, 6.45) is 6.50. The van der Waals surface area contributed by atoms with Crippen LogP contribution in [0.4, 0.5) is 5.95 Å². The second kappa shape index (κ2) is 7.38. The number of hydrogen-bond acceptors (Lipinski definition) is 6. The summed E-state index contributed by atoms with van der Waals surface area (Å²) in [5, 5.41) is 5.25. The zero-order chi connectivity index (χ0) is 20.7. The molecule has 2 N–H and O–H groups in total. The molecule has 2 aromatic heterocycles. The minimum atomic E-state index is -0.242. The molecule has 0 spiro atoms. The first-order chi connectivity index (χ1) is 14.5. The predicted molar refractivity (Wildman–Crippen MR) is 116 cm³/mol. The highest BCUT2D eigenvalue weighted by molar-refractivity contribution is 6.42. The van der Waals surface area contributed by atoms with Crippen LogP contribution in [0.1, 0.15) is 30.7 Å². The summed E-state index contributed by atoms with van der Waals surface area (Å²) < 4.78 is 5.56. The molecule has 4 aromatic rings. The fraction of sp³-hybridized carbons (Fsp3) is 0.182. The van der Waals surface area contributed by atoms with E-state index in [0.29, 0.717) is 21.8 Å². The molecule has 0 unspecified atom stereocenters. The van der Waals surface area contributed by atoms with Gasteiger partial charge < -0.3 is 10.3 Å². The van der Waals surface area contributed by atoms with Gasteiger partial charge in [0, 0.05) is 23.5 Å². The first-order valence-corrected chi connectivity index (χ1v) is 10.3. The molecule has 0 bridgehead atoms. The number of nitrogens with zero attached hydrogens (tertiary/aromatic N) is 4. The van der Waals surface area contributed by atoms with Crippen molar-refractivity contribution in [2.45, 2.75) is 24.7 Å². The fourth-order valence-electron chi connectivity index (χ4n) is 3.80. The van der Waals surface area contributed by atoms with Gasteiger partial charge in [0.1, 0.15) is 0 Å². The van der Waals surface area contributed by atoms with Gasteiger partial charge in [0.2, 0.25) is 5.95 Å². The van der Waals surface area contributed by atoms with Crippen LogP contribution in [0.2, 0.25) is 10.0 Å². The van der Waals surface area contributed by atoms with E-state index in [-0.39, 0.29) is 11.4 Å². The highest BCUT2D eigenvalue weighted by atomic mass is 35.5. The lowest BCUT2D eigenvalue weighted by atomic mass is 9.64. The lowest BCUT2D eigenvalue weighted by Crippen LogP contribution is -2.36. The number of benzene rings is 2. The number of halogens is 2. The third kappa shape index (κ3) is 3.22. The van der Waals surface area contributed by atoms with Crippen molar-refractivity contribution < 1.29 is 4.52 Å². The van der Waals surface area contributed by atoms with Gasteiger partial charge in [-0.15, -0.1) is 0 Å². The van der Waals surface area contributed by atoms with E-state index in [4.69, 9.17) is 38.4 Å². The molecule has 8 heteroatoms. The van der Waals surface area contributed by atoms with E-state index >= 15 is 0 Å². The van der Waals surface area contributed by atoms with Gasteiger partial charge >= 0.3 is 0 Å².